The average Bonchev–Trinajstić information content (AvgIpc) is 2.69. The summed E-state index contributed by atoms with van der Waals surface area (Å²) in [6.07, 6.45) is 0.801. The highest BCUT2D eigenvalue weighted by Crippen LogP contribution is 2.25. The molecular weight excluding hydrogens is 351 g/mol. The molecule has 27 heavy (non-hydrogen) atoms. The number of pyridine rings is 2. The monoisotopic (exact) mass is 374 g/mol. The van der Waals surface area contributed by atoms with Gasteiger partial charge in [-0.25, -0.2) is 14.4 Å². The van der Waals surface area contributed by atoms with Crippen LogP contribution in [0.2, 0.25) is 0 Å². The molecule has 0 bridgehead atoms. The van der Waals surface area contributed by atoms with Crippen LogP contribution in [0.25, 0.3) is 0 Å². The molecule has 2 aromatic rings. The predicted octanol–water partition coefficient (Wildman–Crippen LogP) is 2.68. The van der Waals surface area contributed by atoms with Gasteiger partial charge in [0, 0.05) is 13.7 Å². The number of nitrogens with one attached hydrogen (secondary N) is 1. The molecular formula is C19H23FN4O3. The van der Waals surface area contributed by atoms with Crippen LogP contribution in [0.5, 0.6) is 0 Å². The first-order valence-corrected chi connectivity index (χ1v) is 8.71. The van der Waals surface area contributed by atoms with Gasteiger partial charge in [0.25, 0.3) is 5.91 Å². The van der Waals surface area contributed by atoms with Crippen molar-refractivity contribution in [3.05, 3.63) is 48.0 Å². The zero-order valence-corrected chi connectivity index (χ0v) is 15.6. The van der Waals surface area contributed by atoms with Crippen LogP contribution in [-0.2, 0) is 14.3 Å². The van der Waals surface area contributed by atoms with Crippen molar-refractivity contribution in [2.75, 3.05) is 32.1 Å². The fraction of sp³-hybridized carbons (Fsp3) is 0.421. The Labute approximate surface area is 157 Å². The fourth-order valence-electron chi connectivity index (χ4n) is 2.76. The number of carbonyl (C=O) groups is 1. The summed E-state index contributed by atoms with van der Waals surface area (Å²) in [4.78, 5) is 22.9. The van der Waals surface area contributed by atoms with Gasteiger partial charge in [0.2, 0.25) is 0 Å². The summed E-state index contributed by atoms with van der Waals surface area (Å²) in [7, 11) is 1.52. The third kappa shape index (κ3) is 4.58. The average molecular weight is 374 g/mol. The Kier molecular flexibility index (Phi) is 5.67. The first kappa shape index (κ1) is 19.2. The first-order chi connectivity index (χ1) is 12.9. The Morgan fingerprint density at radius 1 is 1.33 bits per heavy atom. The van der Waals surface area contributed by atoms with E-state index in [1.807, 2.05) is 12.1 Å². The van der Waals surface area contributed by atoms with Gasteiger partial charge in [-0.2, -0.15) is 0 Å². The molecule has 0 spiro atoms. The molecule has 3 heterocycles. The zero-order chi connectivity index (χ0) is 19.4. The molecule has 144 valence electrons. The Morgan fingerprint density at radius 3 is 2.85 bits per heavy atom. The fourth-order valence-corrected chi connectivity index (χ4v) is 2.76. The van der Waals surface area contributed by atoms with Crippen molar-refractivity contribution < 1.29 is 18.7 Å². The molecule has 1 fully saturated rings. The minimum Gasteiger partial charge on any atom is -0.369 e. The molecule has 1 atom stereocenters. The maximum absolute atomic E-state index is 13.0. The van der Waals surface area contributed by atoms with Crippen molar-refractivity contribution in [2.24, 2.45) is 0 Å². The van der Waals surface area contributed by atoms with Crippen molar-refractivity contribution in [2.45, 2.75) is 25.6 Å². The maximum Gasteiger partial charge on any atom is 0.254 e. The summed E-state index contributed by atoms with van der Waals surface area (Å²) in [5, 5.41) is 3.03. The standard InChI is InChI=1S/C19H23FN4O3/c1-19(2,26-3)18(25)24-9-10-27-15(12-24)14-5-4-6-17(22-14)23-16-8-7-13(20)11-21-16/h4-8,11,15H,9-10,12H2,1-3H3,(H,21,22,23). The minimum atomic E-state index is -0.882. The molecule has 0 aromatic carbocycles. The van der Waals surface area contributed by atoms with E-state index in [1.54, 1.807) is 24.8 Å². The molecule has 1 aliphatic heterocycles. The van der Waals surface area contributed by atoms with E-state index in [0.29, 0.717) is 37.0 Å². The topological polar surface area (TPSA) is 76.6 Å². The normalized spacial score (nSPS) is 17.6. The smallest absolute Gasteiger partial charge is 0.254 e. The van der Waals surface area contributed by atoms with Gasteiger partial charge in [-0.3, -0.25) is 4.79 Å². The number of nitrogens with zero attached hydrogens (tertiary/aromatic N) is 3. The van der Waals surface area contributed by atoms with Crippen LogP contribution in [0.4, 0.5) is 16.0 Å². The van der Waals surface area contributed by atoms with E-state index in [4.69, 9.17) is 9.47 Å². The minimum absolute atomic E-state index is 0.0805. The van der Waals surface area contributed by atoms with Crippen molar-refractivity contribution in [3.63, 3.8) is 0 Å². The third-order valence-corrected chi connectivity index (χ3v) is 4.46. The second-order valence-corrected chi connectivity index (χ2v) is 6.76. The van der Waals surface area contributed by atoms with Crippen LogP contribution in [0.3, 0.4) is 0 Å². The molecule has 1 amide bonds. The van der Waals surface area contributed by atoms with Crippen molar-refractivity contribution in [3.8, 4) is 0 Å². The largest absolute Gasteiger partial charge is 0.369 e. The molecule has 0 aliphatic carbocycles. The number of ether oxygens (including phenoxy) is 2. The van der Waals surface area contributed by atoms with Gasteiger partial charge < -0.3 is 19.7 Å². The van der Waals surface area contributed by atoms with Gasteiger partial charge in [0.1, 0.15) is 29.2 Å². The SMILES string of the molecule is COC(C)(C)C(=O)N1CCOC(c2cccc(Nc3ccc(F)cn3)n2)C1. The number of rotatable bonds is 5. The summed E-state index contributed by atoms with van der Waals surface area (Å²) >= 11 is 0. The molecule has 0 radical (unpaired) electrons. The number of anilines is 2. The molecule has 7 nitrogen and oxygen atoms in total. The molecule has 3 rings (SSSR count). The Balaban J connectivity index is 1.72. The molecule has 1 N–H and O–H groups in total. The second kappa shape index (κ2) is 7.98. The van der Waals surface area contributed by atoms with Gasteiger partial charge in [-0.05, 0) is 38.1 Å². The van der Waals surface area contributed by atoms with E-state index in [0.717, 1.165) is 6.20 Å². The van der Waals surface area contributed by atoms with Crippen molar-refractivity contribution in [1.29, 1.82) is 0 Å². The number of halogens is 1. The lowest BCUT2D eigenvalue weighted by molar-refractivity contribution is -0.158. The molecule has 2 aromatic heterocycles. The van der Waals surface area contributed by atoms with Crippen LogP contribution in [0.1, 0.15) is 25.6 Å². The number of methoxy groups -OCH3 is 1. The van der Waals surface area contributed by atoms with Gasteiger partial charge >= 0.3 is 0 Å². The van der Waals surface area contributed by atoms with Crippen LogP contribution in [0, 0.1) is 5.82 Å². The van der Waals surface area contributed by atoms with E-state index in [2.05, 4.69) is 15.3 Å². The number of amides is 1. The van der Waals surface area contributed by atoms with E-state index in [-0.39, 0.29) is 12.0 Å². The number of hydrogen-bond acceptors (Lipinski definition) is 6. The van der Waals surface area contributed by atoms with E-state index in [9.17, 15) is 9.18 Å². The number of carbonyl (C=O) groups excluding carboxylic acids is 1. The van der Waals surface area contributed by atoms with E-state index in [1.165, 1.54) is 19.2 Å². The molecule has 1 saturated heterocycles. The summed E-state index contributed by atoms with van der Waals surface area (Å²) in [5.74, 6) is 0.574. The quantitative estimate of drug-likeness (QED) is 0.867. The summed E-state index contributed by atoms with van der Waals surface area (Å²) in [6.45, 7) is 4.84. The highest BCUT2D eigenvalue weighted by molar-refractivity contribution is 5.84. The summed E-state index contributed by atoms with van der Waals surface area (Å²) < 4.78 is 24.1. The number of morpholine rings is 1. The second-order valence-electron chi connectivity index (χ2n) is 6.76. The molecule has 8 heteroatoms. The zero-order valence-electron chi connectivity index (χ0n) is 15.6. The molecule has 1 unspecified atom stereocenters. The van der Waals surface area contributed by atoms with Crippen LogP contribution in [-0.4, -0.2) is 53.2 Å². The lowest BCUT2D eigenvalue weighted by atomic mass is 10.1. The third-order valence-electron chi connectivity index (χ3n) is 4.46. The Hall–Kier alpha value is -2.58. The van der Waals surface area contributed by atoms with Crippen LogP contribution >= 0.6 is 0 Å². The predicted molar refractivity (Wildman–Crippen MR) is 98.1 cm³/mol. The van der Waals surface area contributed by atoms with Crippen molar-refractivity contribution >= 4 is 17.5 Å². The van der Waals surface area contributed by atoms with Gasteiger partial charge in [-0.1, -0.05) is 6.07 Å². The van der Waals surface area contributed by atoms with Gasteiger partial charge in [-0.15, -0.1) is 0 Å². The van der Waals surface area contributed by atoms with E-state index >= 15 is 0 Å². The van der Waals surface area contributed by atoms with Crippen LogP contribution < -0.4 is 5.32 Å². The van der Waals surface area contributed by atoms with E-state index < -0.39 is 11.4 Å². The Morgan fingerprint density at radius 2 is 2.15 bits per heavy atom. The van der Waals surface area contributed by atoms with Gasteiger partial charge in [0.05, 0.1) is 25.0 Å². The highest BCUT2D eigenvalue weighted by Gasteiger charge is 2.35. The van der Waals surface area contributed by atoms with Gasteiger partial charge in [0.15, 0.2) is 0 Å². The molecule has 0 saturated carbocycles. The number of aromatic nitrogens is 2. The highest BCUT2D eigenvalue weighted by atomic mass is 19.1. The lowest BCUT2D eigenvalue weighted by Gasteiger charge is -2.36. The summed E-state index contributed by atoms with van der Waals surface area (Å²) in [6, 6.07) is 8.34. The number of hydrogen-bond donors (Lipinski definition) is 1. The van der Waals surface area contributed by atoms with Crippen LogP contribution in [0.15, 0.2) is 36.5 Å². The summed E-state index contributed by atoms with van der Waals surface area (Å²) in [5.41, 5.74) is -0.178. The Bertz CT molecular complexity index is 798. The first-order valence-electron chi connectivity index (χ1n) is 8.71. The lowest BCUT2D eigenvalue weighted by Crippen LogP contribution is -2.51. The van der Waals surface area contributed by atoms with Crippen molar-refractivity contribution in [1.82, 2.24) is 14.9 Å². The maximum atomic E-state index is 13.0. The molecule has 1 aliphatic rings.